The summed E-state index contributed by atoms with van der Waals surface area (Å²) in [6.07, 6.45) is 6.57. The van der Waals surface area contributed by atoms with E-state index in [0.717, 1.165) is 29.8 Å². The van der Waals surface area contributed by atoms with Crippen molar-refractivity contribution in [2.75, 3.05) is 12.4 Å². The molecule has 1 N–H and O–H groups in total. The third kappa shape index (κ3) is 3.31. The van der Waals surface area contributed by atoms with Gasteiger partial charge in [0, 0.05) is 11.0 Å². The van der Waals surface area contributed by atoms with Crippen LogP contribution in [0, 0.1) is 0 Å². The molecular weight excluding hydrogens is 284 g/mol. The van der Waals surface area contributed by atoms with Gasteiger partial charge in [-0.05, 0) is 43.0 Å². The largest absolute Gasteiger partial charge is 0.497 e. The first-order valence-corrected chi connectivity index (χ1v) is 7.68. The summed E-state index contributed by atoms with van der Waals surface area (Å²) in [4.78, 5) is 17.7. The van der Waals surface area contributed by atoms with Crippen LogP contribution in [0.1, 0.15) is 22.6 Å². The van der Waals surface area contributed by atoms with E-state index in [1.807, 2.05) is 24.3 Å². The Hall–Kier alpha value is -2.14. The van der Waals surface area contributed by atoms with E-state index in [-0.39, 0.29) is 5.91 Å². The van der Waals surface area contributed by atoms with Gasteiger partial charge >= 0.3 is 0 Å². The molecule has 0 saturated heterocycles. The lowest BCUT2D eigenvalue weighted by Crippen LogP contribution is -2.07. The topological polar surface area (TPSA) is 51.2 Å². The van der Waals surface area contributed by atoms with Crippen LogP contribution in [0.2, 0.25) is 0 Å². The first-order valence-electron chi connectivity index (χ1n) is 6.86. The van der Waals surface area contributed by atoms with Crippen molar-refractivity contribution in [3.05, 3.63) is 46.5 Å². The molecule has 1 aliphatic rings. The van der Waals surface area contributed by atoms with Crippen LogP contribution in [0.4, 0.5) is 5.13 Å². The number of amides is 1. The number of hydrogen-bond acceptors (Lipinski definition) is 4. The number of nitrogens with zero attached hydrogens (tertiary/aromatic N) is 1. The molecule has 0 atom stereocenters. The Kier molecular flexibility index (Phi) is 4.01. The van der Waals surface area contributed by atoms with Gasteiger partial charge in [-0.25, -0.2) is 4.98 Å². The first kappa shape index (κ1) is 13.8. The highest BCUT2D eigenvalue weighted by atomic mass is 32.1. The van der Waals surface area contributed by atoms with E-state index in [1.165, 1.54) is 17.4 Å². The lowest BCUT2D eigenvalue weighted by Gasteiger charge is -2.00. The number of fused-ring (bicyclic) bond motifs is 1. The van der Waals surface area contributed by atoms with E-state index in [4.69, 9.17) is 4.74 Å². The summed E-state index contributed by atoms with van der Waals surface area (Å²) in [5, 5.41) is 3.52. The van der Waals surface area contributed by atoms with Gasteiger partial charge in [-0.15, -0.1) is 11.3 Å². The molecule has 0 spiro atoms. The van der Waals surface area contributed by atoms with Gasteiger partial charge in [0.05, 0.1) is 12.8 Å². The number of rotatable bonds is 4. The Morgan fingerprint density at radius 2 is 2.33 bits per heavy atom. The van der Waals surface area contributed by atoms with Crippen molar-refractivity contribution in [1.82, 2.24) is 4.98 Å². The minimum absolute atomic E-state index is 0.162. The minimum atomic E-state index is -0.162. The number of carbonyl (C=O) groups is 1. The molecule has 0 bridgehead atoms. The van der Waals surface area contributed by atoms with Crippen molar-refractivity contribution in [2.24, 2.45) is 0 Å². The van der Waals surface area contributed by atoms with Crippen molar-refractivity contribution in [2.45, 2.75) is 19.3 Å². The molecule has 0 radical (unpaired) electrons. The fraction of sp³-hybridized carbons (Fsp3) is 0.250. The van der Waals surface area contributed by atoms with Crippen LogP contribution >= 0.6 is 11.3 Å². The van der Waals surface area contributed by atoms with Gasteiger partial charge < -0.3 is 4.74 Å². The number of methoxy groups -OCH3 is 1. The molecule has 1 aromatic carbocycles. The first-order chi connectivity index (χ1) is 10.2. The second kappa shape index (κ2) is 6.10. The van der Waals surface area contributed by atoms with Crippen molar-refractivity contribution in [3.63, 3.8) is 0 Å². The number of ether oxygens (including phenoxy) is 1. The van der Waals surface area contributed by atoms with Crippen molar-refractivity contribution >= 4 is 28.5 Å². The van der Waals surface area contributed by atoms with Gasteiger partial charge in [0.25, 0.3) is 0 Å². The number of aryl methyl sites for hydroxylation is 2. The van der Waals surface area contributed by atoms with E-state index in [9.17, 15) is 4.79 Å². The number of nitrogens with one attached hydrogen (secondary N) is 1. The van der Waals surface area contributed by atoms with E-state index >= 15 is 0 Å². The average Bonchev–Trinajstić information content (AvgIpc) is 3.06. The smallest absolute Gasteiger partial charge is 0.250 e. The van der Waals surface area contributed by atoms with Gasteiger partial charge in [0.2, 0.25) is 5.91 Å². The molecule has 1 aliphatic carbocycles. The molecule has 2 aromatic rings. The fourth-order valence-corrected chi connectivity index (χ4v) is 3.36. The van der Waals surface area contributed by atoms with Crippen LogP contribution in [-0.4, -0.2) is 18.0 Å². The van der Waals surface area contributed by atoms with Crippen LogP contribution in [0.5, 0.6) is 5.75 Å². The maximum absolute atomic E-state index is 11.9. The third-order valence-electron chi connectivity index (χ3n) is 3.35. The highest BCUT2D eigenvalue weighted by molar-refractivity contribution is 7.15. The lowest BCUT2D eigenvalue weighted by molar-refractivity contribution is -0.111. The van der Waals surface area contributed by atoms with Gasteiger partial charge in [-0.2, -0.15) is 0 Å². The van der Waals surface area contributed by atoms with Crippen LogP contribution < -0.4 is 10.1 Å². The number of hydrogen-bond donors (Lipinski definition) is 1. The van der Waals surface area contributed by atoms with Crippen molar-refractivity contribution < 1.29 is 9.53 Å². The summed E-state index contributed by atoms with van der Waals surface area (Å²) in [7, 11) is 1.62. The lowest BCUT2D eigenvalue weighted by atomic mass is 10.2. The Labute approximate surface area is 127 Å². The maximum Gasteiger partial charge on any atom is 0.250 e. The molecule has 0 aliphatic heterocycles. The van der Waals surface area contributed by atoms with Gasteiger partial charge in [-0.3, -0.25) is 10.1 Å². The average molecular weight is 300 g/mol. The van der Waals surface area contributed by atoms with Crippen LogP contribution in [0.3, 0.4) is 0 Å². The molecule has 3 rings (SSSR count). The summed E-state index contributed by atoms with van der Waals surface area (Å²) in [5.41, 5.74) is 2.07. The van der Waals surface area contributed by atoms with E-state index in [0.29, 0.717) is 5.13 Å². The molecule has 0 unspecified atom stereocenters. The fourth-order valence-electron chi connectivity index (χ4n) is 2.31. The predicted octanol–water partition coefficient (Wildman–Crippen LogP) is 3.29. The molecule has 108 valence electrons. The van der Waals surface area contributed by atoms with Crippen molar-refractivity contribution in [3.8, 4) is 5.75 Å². The normalized spacial score (nSPS) is 13.4. The van der Waals surface area contributed by atoms with E-state index in [1.54, 1.807) is 24.5 Å². The molecule has 1 heterocycles. The number of aromatic nitrogens is 1. The molecule has 21 heavy (non-hydrogen) atoms. The number of benzene rings is 1. The maximum atomic E-state index is 11.9. The molecule has 5 heteroatoms. The summed E-state index contributed by atoms with van der Waals surface area (Å²) < 4.78 is 5.15. The number of thiazole rings is 1. The molecule has 1 aromatic heterocycles. The van der Waals surface area contributed by atoms with Crippen molar-refractivity contribution in [1.29, 1.82) is 0 Å². The molecular formula is C16H16N2O2S. The zero-order chi connectivity index (χ0) is 14.7. The summed E-state index contributed by atoms with van der Waals surface area (Å²) in [6, 6.07) is 7.56. The second-order valence-corrected chi connectivity index (χ2v) is 5.93. The van der Waals surface area contributed by atoms with Gasteiger partial charge in [-0.1, -0.05) is 12.1 Å². The number of carbonyl (C=O) groups excluding carboxylic acids is 1. The molecule has 1 amide bonds. The Bertz CT molecular complexity index is 670. The van der Waals surface area contributed by atoms with Crippen LogP contribution in [0.15, 0.2) is 30.3 Å². The molecule has 0 fully saturated rings. The summed E-state index contributed by atoms with van der Waals surface area (Å²) in [5.74, 6) is 0.610. The zero-order valence-electron chi connectivity index (χ0n) is 11.8. The Balaban J connectivity index is 1.63. The van der Waals surface area contributed by atoms with Gasteiger partial charge in [0.15, 0.2) is 5.13 Å². The standard InChI is InChI=1S/C16H16N2O2S/c1-20-12-5-2-4-11(10-12)8-9-15(19)18-16-17-13-6-3-7-14(13)21-16/h2,4-5,8-10H,3,6-7H2,1H3,(H,17,18,19)/b9-8+. The number of anilines is 1. The van der Waals surface area contributed by atoms with Crippen LogP contribution in [-0.2, 0) is 17.6 Å². The highest BCUT2D eigenvalue weighted by Crippen LogP contribution is 2.30. The second-order valence-electron chi connectivity index (χ2n) is 4.84. The molecule has 0 saturated carbocycles. The Morgan fingerprint density at radius 1 is 1.43 bits per heavy atom. The third-order valence-corrected chi connectivity index (χ3v) is 4.42. The van der Waals surface area contributed by atoms with Gasteiger partial charge in [0.1, 0.15) is 5.75 Å². The minimum Gasteiger partial charge on any atom is -0.497 e. The quantitative estimate of drug-likeness (QED) is 0.882. The van der Waals surface area contributed by atoms with Crippen LogP contribution in [0.25, 0.3) is 6.08 Å². The molecule has 4 nitrogen and oxygen atoms in total. The summed E-state index contributed by atoms with van der Waals surface area (Å²) in [6.45, 7) is 0. The highest BCUT2D eigenvalue weighted by Gasteiger charge is 2.17. The monoisotopic (exact) mass is 300 g/mol. The van der Waals surface area contributed by atoms with E-state index in [2.05, 4.69) is 10.3 Å². The Morgan fingerprint density at radius 3 is 3.14 bits per heavy atom. The SMILES string of the molecule is COc1cccc(/C=C/C(=O)Nc2nc3c(s2)CCC3)c1. The zero-order valence-corrected chi connectivity index (χ0v) is 12.6. The predicted molar refractivity (Wildman–Crippen MR) is 84.8 cm³/mol. The van der Waals surface area contributed by atoms with E-state index < -0.39 is 0 Å². The summed E-state index contributed by atoms with van der Waals surface area (Å²) >= 11 is 1.58.